The lowest BCUT2D eigenvalue weighted by Gasteiger charge is -2.35. The Morgan fingerprint density at radius 3 is 2.64 bits per heavy atom. The largest absolute Gasteiger partial charge is 0.368 e. The quantitative estimate of drug-likeness (QED) is 0.877. The van der Waals surface area contributed by atoms with Gasteiger partial charge in [0.15, 0.2) is 0 Å². The number of piperidine rings is 1. The Balaban J connectivity index is 0.00000242. The molecule has 0 aliphatic carbocycles. The van der Waals surface area contributed by atoms with E-state index in [9.17, 15) is 9.18 Å². The summed E-state index contributed by atoms with van der Waals surface area (Å²) in [5.74, 6) is -0.606. The fourth-order valence-electron chi connectivity index (χ4n) is 2.55. The number of nitrogens with one attached hydrogen (secondary N) is 2. The molecule has 1 aliphatic rings. The standard InChI is InChI=1S/C15H20ClFN2O2.ClH/c1-10(11-3-4-13(17)12(16)9-11)19-14(20)15(21-2)5-7-18-8-6-15;/h3-4,9-10,18H,5-8H2,1-2H3,(H,19,20);1H. The predicted octanol–water partition coefficient (Wildman–Crippen LogP) is 2.85. The monoisotopic (exact) mass is 350 g/mol. The van der Waals surface area contributed by atoms with E-state index < -0.39 is 11.4 Å². The van der Waals surface area contributed by atoms with E-state index >= 15 is 0 Å². The summed E-state index contributed by atoms with van der Waals surface area (Å²) in [7, 11) is 1.56. The molecule has 1 amide bonds. The summed E-state index contributed by atoms with van der Waals surface area (Å²) in [5, 5.41) is 6.19. The van der Waals surface area contributed by atoms with Crippen molar-refractivity contribution in [3.63, 3.8) is 0 Å². The average molecular weight is 351 g/mol. The van der Waals surface area contributed by atoms with Crippen LogP contribution in [0.15, 0.2) is 18.2 Å². The Morgan fingerprint density at radius 2 is 2.09 bits per heavy atom. The molecule has 124 valence electrons. The van der Waals surface area contributed by atoms with Crippen LogP contribution in [0.1, 0.15) is 31.4 Å². The van der Waals surface area contributed by atoms with Gasteiger partial charge in [-0.3, -0.25) is 4.79 Å². The van der Waals surface area contributed by atoms with Crippen molar-refractivity contribution in [1.82, 2.24) is 10.6 Å². The number of halogens is 3. The number of benzene rings is 1. The maximum absolute atomic E-state index is 13.2. The van der Waals surface area contributed by atoms with E-state index in [1.165, 1.54) is 12.1 Å². The second-order valence-electron chi connectivity index (χ2n) is 5.32. The van der Waals surface area contributed by atoms with Crippen LogP contribution in [0.2, 0.25) is 5.02 Å². The summed E-state index contributed by atoms with van der Waals surface area (Å²) < 4.78 is 18.7. The summed E-state index contributed by atoms with van der Waals surface area (Å²) in [6.45, 7) is 3.34. The van der Waals surface area contributed by atoms with Gasteiger partial charge in [0.05, 0.1) is 11.1 Å². The summed E-state index contributed by atoms with van der Waals surface area (Å²) in [4.78, 5) is 12.5. The van der Waals surface area contributed by atoms with Crippen molar-refractivity contribution in [2.45, 2.75) is 31.4 Å². The number of ether oxygens (including phenoxy) is 1. The van der Waals surface area contributed by atoms with Crippen LogP contribution in [-0.4, -0.2) is 31.7 Å². The second kappa shape index (κ2) is 8.11. The summed E-state index contributed by atoms with van der Waals surface area (Å²) in [6.07, 6.45) is 1.26. The zero-order valence-electron chi connectivity index (χ0n) is 12.6. The van der Waals surface area contributed by atoms with Crippen molar-refractivity contribution in [2.75, 3.05) is 20.2 Å². The van der Waals surface area contributed by atoms with Crippen LogP contribution < -0.4 is 10.6 Å². The fourth-order valence-corrected chi connectivity index (χ4v) is 2.74. The van der Waals surface area contributed by atoms with Crippen LogP contribution in [0.3, 0.4) is 0 Å². The topological polar surface area (TPSA) is 50.4 Å². The molecule has 0 saturated carbocycles. The van der Waals surface area contributed by atoms with Crippen LogP contribution in [0.5, 0.6) is 0 Å². The van der Waals surface area contributed by atoms with Crippen molar-refractivity contribution in [3.8, 4) is 0 Å². The van der Waals surface area contributed by atoms with Gasteiger partial charge in [0, 0.05) is 7.11 Å². The minimum Gasteiger partial charge on any atom is -0.368 e. The number of carbonyl (C=O) groups excluding carboxylic acids is 1. The van der Waals surface area contributed by atoms with E-state index in [1.54, 1.807) is 13.2 Å². The van der Waals surface area contributed by atoms with Crippen LogP contribution in [0.4, 0.5) is 4.39 Å². The molecule has 0 spiro atoms. The second-order valence-corrected chi connectivity index (χ2v) is 5.72. The molecule has 4 nitrogen and oxygen atoms in total. The van der Waals surface area contributed by atoms with E-state index in [0.717, 1.165) is 18.7 Å². The number of amides is 1. The third-order valence-corrected chi connectivity index (χ3v) is 4.30. The highest BCUT2D eigenvalue weighted by Crippen LogP contribution is 2.25. The minimum atomic E-state index is -0.788. The van der Waals surface area contributed by atoms with Crippen LogP contribution in [-0.2, 0) is 9.53 Å². The Bertz CT molecular complexity index is 522. The molecule has 1 aromatic rings. The van der Waals surface area contributed by atoms with Crippen LogP contribution >= 0.6 is 24.0 Å². The molecule has 7 heteroatoms. The van der Waals surface area contributed by atoms with Crippen LogP contribution in [0.25, 0.3) is 0 Å². The molecule has 0 radical (unpaired) electrons. The lowest BCUT2D eigenvalue weighted by atomic mass is 9.90. The van der Waals surface area contributed by atoms with Gasteiger partial charge in [-0.2, -0.15) is 0 Å². The van der Waals surface area contributed by atoms with Gasteiger partial charge in [0.25, 0.3) is 5.91 Å². The fraction of sp³-hybridized carbons (Fsp3) is 0.533. The van der Waals surface area contributed by atoms with Crippen molar-refractivity contribution in [2.24, 2.45) is 0 Å². The molecule has 0 aromatic heterocycles. The Hall–Kier alpha value is -0.880. The van der Waals surface area contributed by atoms with Gasteiger partial charge < -0.3 is 15.4 Å². The maximum Gasteiger partial charge on any atom is 0.252 e. The highest BCUT2D eigenvalue weighted by molar-refractivity contribution is 6.30. The number of carbonyl (C=O) groups is 1. The molecule has 1 heterocycles. The molecular formula is C15H21Cl2FN2O2. The van der Waals surface area contributed by atoms with Crippen molar-refractivity contribution in [3.05, 3.63) is 34.6 Å². The van der Waals surface area contributed by atoms with Crippen molar-refractivity contribution < 1.29 is 13.9 Å². The van der Waals surface area contributed by atoms with Gasteiger partial charge in [-0.05, 0) is 50.6 Å². The first kappa shape index (κ1) is 19.2. The van der Waals surface area contributed by atoms with Crippen LogP contribution in [0, 0.1) is 5.82 Å². The summed E-state index contributed by atoms with van der Waals surface area (Å²) in [6, 6.07) is 4.19. The van der Waals surface area contributed by atoms with E-state index in [1.807, 2.05) is 6.92 Å². The normalized spacial score (nSPS) is 18.2. The number of hydrogen-bond donors (Lipinski definition) is 2. The van der Waals surface area contributed by atoms with E-state index in [4.69, 9.17) is 16.3 Å². The highest BCUT2D eigenvalue weighted by Gasteiger charge is 2.40. The Labute approximate surface area is 141 Å². The Morgan fingerprint density at radius 1 is 1.45 bits per heavy atom. The zero-order chi connectivity index (χ0) is 15.5. The molecule has 2 N–H and O–H groups in total. The third-order valence-electron chi connectivity index (χ3n) is 4.01. The van der Waals surface area contributed by atoms with E-state index in [2.05, 4.69) is 10.6 Å². The number of rotatable bonds is 4. The molecule has 1 atom stereocenters. The molecule has 1 unspecified atom stereocenters. The predicted molar refractivity (Wildman–Crippen MR) is 87.1 cm³/mol. The van der Waals surface area contributed by atoms with Gasteiger partial charge in [0.2, 0.25) is 0 Å². The van der Waals surface area contributed by atoms with Crippen molar-refractivity contribution >= 4 is 29.9 Å². The highest BCUT2D eigenvalue weighted by atomic mass is 35.5. The van der Waals surface area contributed by atoms with Gasteiger partial charge in [-0.15, -0.1) is 12.4 Å². The lowest BCUT2D eigenvalue weighted by molar-refractivity contribution is -0.147. The van der Waals surface area contributed by atoms with Gasteiger partial charge in [-0.25, -0.2) is 4.39 Å². The molecule has 1 aromatic carbocycles. The summed E-state index contributed by atoms with van der Waals surface area (Å²) in [5.41, 5.74) is -0.0292. The molecule has 1 saturated heterocycles. The number of methoxy groups -OCH3 is 1. The lowest BCUT2D eigenvalue weighted by Crippen LogP contribution is -2.54. The molecule has 2 rings (SSSR count). The average Bonchev–Trinajstić information content (AvgIpc) is 2.50. The van der Waals surface area contributed by atoms with Gasteiger partial charge in [0.1, 0.15) is 11.4 Å². The molecule has 1 aliphatic heterocycles. The van der Waals surface area contributed by atoms with Gasteiger partial charge in [-0.1, -0.05) is 17.7 Å². The first-order valence-electron chi connectivity index (χ1n) is 7.00. The molecule has 1 fully saturated rings. The summed E-state index contributed by atoms with van der Waals surface area (Å²) >= 11 is 5.78. The molecule has 0 bridgehead atoms. The first-order chi connectivity index (χ1) is 9.98. The smallest absolute Gasteiger partial charge is 0.252 e. The van der Waals surface area contributed by atoms with E-state index in [-0.39, 0.29) is 29.4 Å². The zero-order valence-corrected chi connectivity index (χ0v) is 14.2. The molecule has 22 heavy (non-hydrogen) atoms. The number of hydrogen-bond acceptors (Lipinski definition) is 3. The Kier molecular flexibility index (Phi) is 7.06. The first-order valence-corrected chi connectivity index (χ1v) is 7.38. The van der Waals surface area contributed by atoms with E-state index in [0.29, 0.717) is 12.8 Å². The molecular weight excluding hydrogens is 330 g/mol. The van der Waals surface area contributed by atoms with Crippen molar-refractivity contribution in [1.29, 1.82) is 0 Å². The van der Waals surface area contributed by atoms with Gasteiger partial charge >= 0.3 is 0 Å². The third kappa shape index (κ3) is 4.10. The minimum absolute atomic E-state index is 0. The SMILES string of the molecule is COC1(C(=O)NC(C)c2ccc(F)c(Cl)c2)CCNCC1.Cl. The maximum atomic E-state index is 13.2.